The van der Waals surface area contributed by atoms with Gasteiger partial charge < -0.3 is 28.2 Å². The van der Waals surface area contributed by atoms with Gasteiger partial charge in [-0.15, -0.1) is 0 Å². The Morgan fingerprint density at radius 1 is 0.953 bits per heavy atom. The van der Waals surface area contributed by atoms with Crippen LogP contribution < -0.4 is 0 Å². The molecule has 246 valence electrons. The fourth-order valence-electron chi connectivity index (χ4n) is 5.62. The number of aliphatic hydroxyl groups is 1. The molecule has 0 radical (unpaired) electrons. The number of rotatable bonds is 10. The lowest BCUT2D eigenvalue weighted by atomic mass is 9.78. The summed E-state index contributed by atoms with van der Waals surface area (Å²) < 4.78 is 32.0. The van der Waals surface area contributed by atoms with Gasteiger partial charge in [-0.2, -0.15) is 0 Å². The Bertz CT molecular complexity index is 1160. The van der Waals surface area contributed by atoms with Gasteiger partial charge in [-0.3, -0.25) is 0 Å². The molecular formula is C35H62O6Si2. The minimum absolute atomic E-state index is 0.0296. The third-order valence-corrected chi connectivity index (χ3v) is 19.3. The molecule has 0 aromatic heterocycles. The molecule has 3 rings (SSSR count). The molecule has 1 saturated heterocycles. The maximum Gasteiger partial charge on any atom is 0.250 e. The maximum atomic E-state index is 11.9. The number of allylic oxidation sites excluding steroid dienone is 1. The Morgan fingerprint density at radius 2 is 1.56 bits per heavy atom. The van der Waals surface area contributed by atoms with Crippen LogP contribution in [0.5, 0.6) is 0 Å². The molecule has 0 spiro atoms. The summed E-state index contributed by atoms with van der Waals surface area (Å²) in [6.07, 6.45) is 5.41. The molecule has 0 amide bonds. The van der Waals surface area contributed by atoms with Gasteiger partial charge in [-0.25, -0.2) is 0 Å². The first-order valence-corrected chi connectivity index (χ1v) is 22.0. The van der Waals surface area contributed by atoms with E-state index in [1.54, 1.807) is 7.11 Å². The van der Waals surface area contributed by atoms with E-state index in [1.165, 1.54) is 11.1 Å². The van der Waals surface area contributed by atoms with Gasteiger partial charge in [0.2, 0.25) is 8.32 Å². The van der Waals surface area contributed by atoms with Crippen molar-refractivity contribution in [2.75, 3.05) is 7.11 Å². The van der Waals surface area contributed by atoms with Crippen LogP contribution in [0.1, 0.15) is 104 Å². The topological polar surface area (TPSA) is 66.4 Å². The minimum Gasteiger partial charge on any atom is -0.546 e. The first kappa shape index (κ1) is 36.5. The molecule has 8 heteroatoms. The molecule has 0 bridgehead atoms. The standard InChI is InChI=1S/C35H62O6Si2/c1-24-16-17-25-20-28(41-43(14,15)33(5,6)7)23-35(10,36)31(25)29(24)19-18-26-21-27(40-42(12,13)32(2,3)4)22-30(38-26)39-34(8,9)37-11/h16-17,23,26-27,30,36H,18-22H2,1-15H3. The van der Waals surface area contributed by atoms with Crippen molar-refractivity contribution in [3.8, 4) is 0 Å². The summed E-state index contributed by atoms with van der Waals surface area (Å²) in [5.74, 6) is 0.138. The molecule has 6 nitrogen and oxygen atoms in total. The van der Waals surface area contributed by atoms with E-state index in [9.17, 15) is 5.11 Å². The molecule has 1 aliphatic carbocycles. The van der Waals surface area contributed by atoms with E-state index in [0.717, 1.165) is 36.1 Å². The van der Waals surface area contributed by atoms with Gasteiger partial charge in [0, 0.05) is 20.0 Å². The number of hydrogen-bond donors (Lipinski definition) is 1. The first-order chi connectivity index (χ1) is 19.4. The third-order valence-electron chi connectivity index (χ3n) is 10.4. The second-order valence-electron chi connectivity index (χ2n) is 16.6. The zero-order valence-corrected chi connectivity index (χ0v) is 32.0. The molecule has 4 atom stereocenters. The van der Waals surface area contributed by atoms with Gasteiger partial charge in [0.25, 0.3) is 0 Å². The van der Waals surface area contributed by atoms with Gasteiger partial charge >= 0.3 is 0 Å². The number of hydrogen-bond acceptors (Lipinski definition) is 6. The van der Waals surface area contributed by atoms with E-state index in [-0.39, 0.29) is 22.3 Å². The highest BCUT2D eigenvalue weighted by Gasteiger charge is 2.44. The predicted octanol–water partition coefficient (Wildman–Crippen LogP) is 8.89. The minimum atomic E-state index is -2.03. The van der Waals surface area contributed by atoms with Crippen LogP contribution in [0.25, 0.3) is 0 Å². The van der Waals surface area contributed by atoms with Crippen molar-refractivity contribution in [2.45, 2.75) is 167 Å². The van der Waals surface area contributed by atoms with Crippen molar-refractivity contribution in [1.82, 2.24) is 0 Å². The summed E-state index contributed by atoms with van der Waals surface area (Å²) in [7, 11) is -2.35. The van der Waals surface area contributed by atoms with Crippen LogP contribution in [0.4, 0.5) is 0 Å². The molecule has 1 N–H and O–H groups in total. The normalized spacial score (nSPS) is 25.8. The Hall–Kier alpha value is -1.01. The van der Waals surface area contributed by atoms with E-state index in [2.05, 4.69) is 86.8 Å². The lowest BCUT2D eigenvalue weighted by Crippen LogP contribution is -2.49. The fourth-order valence-corrected chi connectivity index (χ4v) is 8.09. The number of methoxy groups -OCH3 is 1. The van der Waals surface area contributed by atoms with Crippen LogP contribution in [0.2, 0.25) is 36.3 Å². The summed E-state index contributed by atoms with van der Waals surface area (Å²) >= 11 is 0. The van der Waals surface area contributed by atoms with E-state index in [0.29, 0.717) is 12.8 Å². The van der Waals surface area contributed by atoms with Crippen molar-refractivity contribution in [3.63, 3.8) is 0 Å². The van der Waals surface area contributed by atoms with Crippen LogP contribution in [0, 0.1) is 6.92 Å². The fraction of sp³-hybridized carbons (Fsp3) is 0.771. The molecule has 1 fully saturated rings. The van der Waals surface area contributed by atoms with Gasteiger partial charge in [0.15, 0.2) is 20.4 Å². The Labute approximate surface area is 265 Å². The van der Waals surface area contributed by atoms with Crippen molar-refractivity contribution in [3.05, 3.63) is 46.2 Å². The molecule has 0 saturated carbocycles. The number of ether oxygens (including phenoxy) is 3. The summed E-state index contributed by atoms with van der Waals surface area (Å²) in [6.45, 7) is 30.6. The molecule has 1 aromatic rings. The van der Waals surface area contributed by atoms with Gasteiger partial charge in [0.05, 0.1) is 18.0 Å². The van der Waals surface area contributed by atoms with Crippen LogP contribution >= 0.6 is 0 Å². The van der Waals surface area contributed by atoms with Gasteiger partial charge in [-0.1, -0.05) is 53.7 Å². The third kappa shape index (κ3) is 8.84. The summed E-state index contributed by atoms with van der Waals surface area (Å²) in [5, 5.41) is 12.1. The Kier molecular flexibility index (Phi) is 10.7. The average Bonchev–Trinajstić information content (AvgIpc) is 2.81. The van der Waals surface area contributed by atoms with Crippen molar-refractivity contribution in [1.29, 1.82) is 0 Å². The highest BCUT2D eigenvalue weighted by Crippen LogP contribution is 2.44. The molecular weight excluding hydrogens is 573 g/mol. The SMILES string of the molecule is COC(C)(C)OC1CC(O[Si](C)(C)C(C)(C)C)CC(CCc2c(C)ccc3c2C(C)(O)C=C(O[Si](C)(C)C(C)(C)C)C3)O1. The van der Waals surface area contributed by atoms with E-state index < -0.39 is 34.3 Å². The highest BCUT2D eigenvalue weighted by molar-refractivity contribution is 6.74. The van der Waals surface area contributed by atoms with Crippen molar-refractivity contribution in [2.24, 2.45) is 0 Å². The Balaban J connectivity index is 1.85. The maximum absolute atomic E-state index is 11.9. The number of aryl methyl sites for hydroxylation is 1. The van der Waals surface area contributed by atoms with Crippen molar-refractivity contribution < 1.29 is 28.2 Å². The van der Waals surface area contributed by atoms with E-state index in [1.807, 2.05) is 26.8 Å². The van der Waals surface area contributed by atoms with Crippen molar-refractivity contribution >= 4 is 16.6 Å². The average molecular weight is 635 g/mol. The lowest BCUT2D eigenvalue weighted by molar-refractivity contribution is -0.312. The lowest BCUT2D eigenvalue weighted by Gasteiger charge is -2.44. The van der Waals surface area contributed by atoms with Crippen LogP contribution in [0.15, 0.2) is 24.0 Å². The van der Waals surface area contributed by atoms with E-state index >= 15 is 0 Å². The van der Waals surface area contributed by atoms with Crippen LogP contribution in [0.3, 0.4) is 0 Å². The second-order valence-corrected chi connectivity index (χ2v) is 26.1. The van der Waals surface area contributed by atoms with Gasteiger partial charge in [-0.05, 0) is 112 Å². The first-order valence-electron chi connectivity index (χ1n) is 16.2. The summed E-state index contributed by atoms with van der Waals surface area (Å²) in [5.41, 5.74) is 3.46. The molecule has 1 aliphatic heterocycles. The van der Waals surface area contributed by atoms with Crippen LogP contribution in [-0.2, 0) is 41.5 Å². The monoisotopic (exact) mass is 634 g/mol. The zero-order valence-electron chi connectivity index (χ0n) is 30.0. The molecule has 1 aromatic carbocycles. The quantitative estimate of drug-likeness (QED) is 0.205. The van der Waals surface area contributed by atoms with Gasteiger partial charge in [0.1, 0.15) is 5.60 Å². The largest absolute Gasteiger partial charge is 0.546 e. The Morgan fingerprint density at radius 3 is 2.12 bits per heavy atom. The van der Waals surface area contributed by atoms with Crippen LogP contribution in [-0.4, -0.2) is 53.1 Å². The summed E-state index contributed by atoms with van der Waals surface area (Å²) in [4.78, 5) is 0. The predicted molar refractivity (Wildman–Crippen MR) is 181 cm³/mol. The van der Waals surface area contributed by atoms with E-state index in [4.69, 9.17) is 23.1 Å². The highest BCUT2D eigenvalue weighted by atomic mass is 28.4. The number of benzene rings is 1. The smallest absolute Gasteiger partial charge is 0.250 e. The molecule has 1 heterocycles. The molecule has 4 unspecified atom stereocenters. The second kappa shape index (κ2) is 12.7. The molecule has 2 aliphatic rings. The summed E-state index contributed by atoms with van der Waals surface area (Å²) in [6, 6.07) is 4.36. The number of fused-ring (bicyclic) bond motifs is 1. The molecule has 43 heavy (non-hydrogen) atoms. The zero-order chi connectivity index (χ0) is 32.8.